The van der Waals surface area contributed by atoms with Crippen molar-refractivity contribution in [2.75, 3.05) is 49.9 Å². The summed E-state index contributed by atoms with van der Waals surface area (Å²) >= 11 is 7.93. The van der Waals surface area contributed by atoms with E-state index >= 15 is 0 Å². The average Bonchev–Trinajstić information content (AvgIpc) is 3.27. The molecule has 0 radical (unpaired) electrons. The Balaban J connectivity index is 1.25. The highest BCUT2D eigenvalue weighted by Crippen LogP contribution is 2.33. The zero-order valence-electron chi connectivity index (χ0n) is 18.7. The Morgan fingerprint density at radius 3 is 2.48 bits per heavy atom. The van der Waals surface area contributed by atoms with Gasteiger partial charge in [0.2, 0.25) is 0 Å². The number of piperazine rings is 1. The maximum absolute atomic E-state index is 12.4. The van der Waals surface area contributed by atoms with E-state index in [4.69, 9.17) is 16.6 Å². The number of aromatic nitrogens is 1. The van der Waals surface area contributed by atoms with Crippen LogP contribution in [-0.4, -0.2) is 69.2 Å². The Morgan fingerprint density at radius 1 is 1.12 bits per heavy atom. The molecule has 0 spiro atoms. The maximum atomic E-state index is 12.4. The van der Waals surface area contributed by atoms with Crippen LogP contribution in [0.2, 0.25) is 5.02 Å². The number of hydrogen-bond donors (Lipinski definition) is 1. The number of carbonyl (C=O) groups is 1. The predicted octanol–water partition coefficient (Wildman–Crippen LogP) is 3.60. The Bertz CT molecular complexity index is 1250. The molecule has 0 bridgehead atoms. The molecule has 1 fully saturated rings. The molecular formula is C23H27ClN4O3S2. The highest BCUT2D eigenvalue weighted by molar-refractivity contribution is 7.91. The smallest absolute Gasteiger partial charge is 0.251 e. The molecule has 1 aliphatic heterocycles. The second-order valence-electron chi connectivity index (χ2n) is 8.03. The molecular weight excluding hydrogens is 480 g/mol. The molecule has 0 aliphatic carbocycles. The minimum absolute atomic E-state index is 0.0404. The largest absolute Gasteiger partial charge is 0.351 e. The van der Waals surface area contributed by atoms with Crippen LogP contribution in [0.15, 0.2) is 41.3 Å². The van der Waals surface area contributed by atoms with Gasteiger partial charge in [-0.1, -0.05) is 29.9 Å². The number of anilines is 1. The number of nitrogens with zero attached hydrogens (tertiary/aromatic N) is 3. The standard InChI is InChI=1S/C23H27ClN4O3S2/c1-3-33(30,31)18-6-4-17(5-7-18)22(29)25-10-11-27-12-14-28(15-13-27)23-26-21-16(2)19(24)8-9-20(21)32-23/h4-9H,3,10-15H2,1-2H3,(H,25,29). The molecule has 0 unspecified atom stereocenters. The van der Waals surface area contributed by atoms with Crippen LogP contribution >= 0.6 is 22.9 Å². The molecule has 1 amide bonds. The van der Waals surface area contributed by atoms with Crippen LogP contribution < -0.4 is 10.2 Å². The summed E-state index contributed by atoms with van der Waals surface area (Å²) < 4.78 is 24.9. The van der Waals surface area contributed by atoms with Crippen molar-refractivity contribution >= 4 is 54.0 Å². The average molecular weight is 507 g/mol. The van der Waals surface area contributed by atoms with Gasteiger partial charge in [-0.3, -0.25) is 9.69 Å². The summed E-state index contributed by atoms with van der Waals surface area (Å²) in [5, 5.41) is 4.69. The SMILES string of the molecule is CCS(=O)(=O)c1ccc(C(=O)NCCN2CCN(c3nc4c(C)c(Cl)ccc4s3)CC2)cc1. The van der Waals surface area contributed by atoms with Crippen LogP contribution in [0.1, 0.15) is 22.8 Å². The predicted molar refractivity (Wildman–Crippen MR) is 135 cm³/mol. The summed E-state index contributed by atoms with van der Waals surface area (Å²) in [6, 6.07) is 10.1. The summed E-state index contributed by atoms with van der Waals surface area (Å²) in [7, 11) is -3.26. The number of hydrogen-bond acceptors (Lipinski definition) is 7. The zero-order chi connectivity index (χ0) is 23.6. The molecule has 0 saturated carbocycles. The molecule has 1 aliphatic rings. The van der Waals surface area contributed by atoms with E-state index in [1.165, 1.54) is 12.1 Å². The fourth-order valence-corrected chi connectivity index (χ4v) is 5.91. The second-order valence-corrected chi connectivity index (χ2v) is 11.7. The van der Waals surface area contributed by atoms with Gasteiger partial charge in [0.05, 0.1) is 20.9 Å². The topological polar surface area (TPSA) is 82.6 Å². The Hall–Kier alpha value is -2.20. The number of benzene rings is 2. The third-order valence-electron chi connectivity index (χ3n) is 5.95. The number of rotatable bonds is 7. The summed E-state index contributed by atoms with van der Waals surface area (Å²) in [5.41, 5.74) is 2.46. The molecule has 10 heteroatoms. The van der Waals surface area contributed by atoms with Gasteiger partial charge in [0, 0.05) is 49.9 Å². The van der Waals surface area contributed by atoms with Gasteiger partial charge in [0.25, 0.3) is 5.91 Å². The van der Waals surface area contributed by atoms with Crippen molar-refractivity contribution in [2.45, 2.75) is 18.7 Å². The van der Waals surface area contributed by atoms with E-state index in [0.29, 0.717) is 12.1 Å². The van der Waals surface area contributed by atoms with E-state index in [1.807, 2.05) is 19.1 Å². The lowest BCUT2D eigenvalue weighted by Gasteiger charge is -2.34. The molecule has 2 heterocycles. The Morgan fingerprint density at radius 2 is 1.82 bits per heavy atom. The van der Waals surface area contributed by atoms with Crippen LogP contribution in [0.4, 0.5) is 5.13 Å². The van der Waals surface area contributed by atoms with Crippen LogP contribution in [0, 0.1) is 6.92 Å². The first kappa shape index (κ1) is 23.9. The quantitative estimate of drug-likeness (QED) is 0.527. The number of nitrogens with one attached hydrogen (secondary N) is 1. The van der Waals surface area contributed by atoms with Crippen LogP contribution in [0.3, 0.4) is 0 Å². The van der Waals surface area contributed by atoms with E-state index in [9.17, 15) is 13.2 Å². The summed E-state index contributed by atoms with van der Waals surface area (Å²) in [5.74, 6) is -0.156. The summed E-state index contributed by atoms with van der Waals surface area (Å²) in [6.45, 7) is 8.46. The van der Waals surface area contributed by atoms with Crippen LogP contribution in [-0.2, 0) is 9.84 Å². The fraction of sp³-hybridized carbons (Fsp3) is 0.391. The molecule has 0 atom stereocenters. The van der Waals surface area contributed by atoms with E-state index in [2.05, 4.69) is 15.1 Å². The normalized spacial score (nSPS) is 15.2. The van der Waals surface area contributed by atoms with Gasteiger partial charge in [0.15, 0.2) is 15.0 Å². The van der Waals surface area contributed by atoms with Crippen molar-refractivity contribution in [2.24, 2.45) is 0 Å². The molecule has 1 saturated heterocycles. The fourth-order valence-electron chi connectivity index (χ4n) is 3.80. The van der Waals surface area contributed by atoms with Crippen molar-refractivity contribution in [3.05, 3.63) is 52.5 Å². The number of carbonyl (C=O) groups excluding carboxylic acids is 1. The number of thiazole rings is 1. The molecule has 1 aromatic heterocycles. The molecule has 33 heavy (non-hydrogen) atoms. The monoisotopic (exact) mass is 506 g/mol. The zero-order valence-corrected chi connectivity index (χ0v) is 21.1. The molecule has 1 N–H and O–H groups in total. The van der Waals surface area contributed by atoms with Crippen LogP contribution in [0.5, 0.6) is 0 Å². The van der Waals surface area contributed by atoms with Crippen molar-refractivity contribution in [3.63, 3.8) is 0 Å². The molecule has 2 aromatic carbocycles. The highest BCUT2D eigenvalue weighted by Gasteiger charge is 2.21. The first-order chi connectivity index (χ1) is 15.8. The van der Waals surface area contributed by atoms with Crippen molar-refractivity contribution in [1.29, 1.82) is 0 Å². The third-order valence-corrected chi connectivity index (χ3v) is 9.19. The van der Waals surface area contributed by atoms with Crippen molar-refractivity contribution < 1.29 is 13.2 Å². The van der Waals surface area contributed by atoms with Gasteiger partial charge in [-0.15, -0.1) is 0 Å². The van der Waals surface area contributed by atoms with Gasteiger partial charge in [-0.25, -0.2) is 13.4 Å². The Labute approximate surface area is 203 Å². The van der Waals surface area contributed by atoms with Gasteiger partial charge in [-0.05, 0) is 48.9 Å². The number of sulfone groups is 1. The number of fused-ring (bicyclic) bond motifs is 1. The van der Waals surface area contributed by atoms with Gasteiger partial charge < -0.3 is 10.2 Å². The minimum Gasteiger partial charge on any atom is -0.351 e. The van der Waals surface area contributed by atoms with E-state index in [-0.39, 0.29) is 16.6 Å². The number of amides is 1. The molecule has 4 rings (SSSR count). The Kier molecular flexibility index (Phi) is 7.23. The number of aryl methyl sites for hydroxylation is 1. The minimum atomic E-state index is -3.26. The molecule has 3 aromatic rings. The van der Waals surface area contributed by atoms with Crippen LogP contribution in [0.25, 0.3) is 10.2 Å². The molecule has 7 nitrogen and oxygen atoms in total. The first-order valence-corrected chi connectivity index (χ1v) is 13.8. The van der Waals surface area contributed by atoms with E-state index in [1.54, 1.807) is 30.4 Å². The highest BCUT2D eigenvalue weighted by atomic mass is 35.5. The van der Waals surface area contributed by atoms with Gasteiger partial charge in [-0.2, -0.15) is 0 Å². The van der Waals surface area contributed by atoms with E-state index in [0.717, 1.165) is 58.7 Å². The summed E-state index contributed by atoms with van der Waals surface area (Å²) in [6.07, 6.45) is 0. The maximum Gasteiger partial charge on any atom is 0.251 e. The van der Waals surface area contributed by atoms with Crippen molar-refractivity contribution in [1.82, 2.24) is 15.2 Å². The lowest BCUT2D eigenvalue weighted by molar-refractivity contribution is 0.0947. The lowest BCUT2D eigenvalue weighted by Crippen LogP contribution is -2.48. The van der Waals surface area contributed by atoms with E-state index < -0.39 is 9.84 Å². The third kappa shape index (κ3) is 5.32. The lowest BCUT2D eigenvalue weighted by atomic mass is 10.2. The number of halogens is 1. The van der Waals surface area contributed by atoms with Gasteiger partial charge in [0.1, 0.15) is 0 Å². The van der Waals surface area contributed by atoms with Crippen molar-refractivity contribution in [3.8, 4) is 0 Å². The van der Waals surface area contributed by atoms with Gasteiger partial charge >= 0.3 is 0 Å². The second kappa shape index (κ2) is 9.97. The molecule has 176 valence electrons. The first-order valence-electron chi connectivity index (χ1n) is 10.9. The summed E-state index contributed by atoms with van der Waals surface area (Å²) in [4.78, 5) is 22.1.